The van der Waals surface area contributed by atoms with Gasteiger partial charge in [-0.15, -0.1) is 10.8 Å². The number of halogens is 1. The third-order valence-corrected chi connectivity index (χ3v) is 6.72. The lowest BCUT2D eigenvalue weighted by molar-refractivity contribution is -0.115. The normalized spacial score (nSPS) is 12.7. The number of rotatable bonds is 5. The maximum Gasteiger partial charge on any atom is 0.282 e. The Hall–Kier alpha value is -4.97. The molecule has 0 saturated carbocycles. The minimum atomic E-state index is -0.462. The lowest BCUT2D eigenvalue weighted by Gasteiger charge is -2.23. The summed E-state index contributed by atoms with van der Waals surface area (Å²) in [7, 11) is 0. The van der Waals surface area contributed by atoms with Crippen LogP contribution in [0.2, 0.25) is 5.02 Å². The van der Waals surface area contributed by atoms with E-state index in [9.17, 15) is 14.4 Å². The van der Waals surface area contributed by atoms with Gasteiger partial charge < -0.3 is 0 Å². The zero-order valence-electron chi connectivity index (χ0n) is 22.1. The van der Waals surface area contributed by atoms with E-state index < -0.39 is 5.56 Å². The molecule has 8 heteroatoms. The molecule has 40 heavy (non-hydrogen) atoms. The van der Waals surface area contributed by atoms with Crippen molar-refractivity contribution >= 4 is 40.5 Å². The van der Waals surface area contributed by atoms with Crippen molar-refractivity contribution < 1.29 is 9.59 Å². The quantitative estimate of drug-likeness (QED) is 0.333. The molecule has 0 spiro atoms. The monoisotopic (exact) mass is 548 g/mol. The van der Waals surface area contributed by atoms with Gasteiger partial charge in [0, 0.05) is 23.7 Å². The lowest BCUT2D eigenvalue weighted by Crippen LogP contribution is -2.48. The van der Waals surface area contributed by atoms with Crippen molar-refractivity contribution in [3.8, 4) is 5.69 Å². The second-order valence-corrected chi connectivity index (χ2v) is 9.48. The van der Waals surface area contributed by atoms with Gasteiger partial charge in [-0.3, -0.25) is 23.9 Å². The smallest absolute Gasteiger partial charge is 0.280 e. The van der Waals surface area contributed by atoms with Crippen LogP contribution in [0.4, 0.5) is 11.4 Å². The number of nitrogens with zero attached hydrogens (tertiary/aromatic N) is 4. The summed E-state index contributed by atoms with van der Waals surface area (Å²) in [5.41, 5.74) is 5.23. The van der Waals surface area contributed by atoms with Gasteiger partial charge in [-0.1, -0.05) is 54.1 Å². The highest BCUT2D eigenvalue weighted by Crippen LogP contribution is 2.23. The van der Waals surface area contributed by atoms with Crippen molar-refractivity contribution in [3.05, 3.63) is 140 Å². The van der Waals surface area contributed by atoms with Crippen molar-refractivity contribution in [1.82, 2.24) is 4.57 Å². The Labute approximate surface area is 235 Å². The first-order valence-corrected chi connectivity index (χ1v) is 13.0. The van der Waals surface area contributed by atoms with Gasteiger partial charge in [-0.25, -0.2) is 0 Å². The Kier molecular flexibility index (Phi) is 7.34. The fourth-order valence-electron chi connectivity index (χ4n) is 4.75. The number of aromatic nitrogens is 1. The fourth-order valence-corrected chi connectivity index (χ4v) is 4.93. The Bertz CT molecular complexity index is 1890. The molecule has 5 rings (SSSR count). The van der Waals surface area contributed by atoms with E-state index in [0.29, 0.717) is 27.6 Å². The van der Waals surface area contributed by atoms with Gasteiger partial charge in [-0.05, 0) is 68.0 Å². The van der Waals surface area contributed by atoms with E-state index in [1.807, 2.05) is 36.4 Å². The van der Waals surface area contributed by atoms with Crippen molar-refractivity contribution in [2.24, 2.45) is 5.10 Å². The molecule has 7 nitrogen and oxygen atoms in total. The van der Waals surface area contributed by atoms with Crippen molar-refractivity contribution in [3.63, 3.8) is 0 Å². The molecule has 198 valence electrons. The molecule has 1 aliphatic heterocycles. The van der Waals surface area contributed by atoms with Gasteiger partial charge in [0.2, 0.25) is 5.91 Å². The molecule has 0 aliphatic carbocycles. The third-order valence-electron chi connectivity index (χ3n) is 6.48. The van der Waals surface area contributed by atoms with Crippen molar-refractivity contribution in [2.45, 2.75) is 20.8 Å². The van der Waals surface area contributed by atoms with E-state index in [0.717, 1.165) is 0 Å². The largest absolute Gasteiger partial charge is 0.282 e. The first kappa shape index (κ1) is 26.6. The number of fused-ring (bicyclic) bond motifs is 1. The minimum absolute atomic E-state index is 0.172. The Morgan fingerprint density at radius 1 is 0.950 bits per heavy atom. The van der Waals surface area contributed by atoms with E-state index in [-0.39, 0.29) is 33.8 Å². The van der Waals surface area contributed by atoms with Gasteiger partial charge in [0.05, 0.1) is 27.9 Å². The minimum Gasteiger partial charge on any atom is -0.280 e. The Morgan fingerprint density at radius 2 is 1.60 bits per heavy atom. The highest BCUT2D eigenvalue weighted by Gasteiger charge is 2.32. The summed E-state index contributed by atoms with van der Waals surface area (Å²) in [6.07, 6.45) is 3.26. The van der Waals surface area contributed by atoms with E-state index in [2.05, 4.69) is 10.8 Å². The molecule has 1 aromatic heterocycles. The maximum atomic E-state index is 14.5. The molecule has 0 radical (unpaired) electrons. The second-order valence-electron chi connectivity index (χ2n) is 9.05. The summed E-state index contributed by atoms with van der Waals surface area (Å²) in [4.78, 5) is 43.0. The molecule has 3 aromatic carbocycles. The van der Waals surface area contributed by atoms with Gasteiger partial charge in [0.15, 0.2) is 5.49 Å². The maximum absolute atomic E-state index is 14.5. The summed E-state index contributed by atoms with van der Waals surface area (Å²) in [5, 5.41) is 6.48. The molecule has 0 atom stereocenters. The number of amides is 2. The zero-order valence-corrected chi connectivity index (χ0v) is 22.9. The average Bonchev–Trinajstić information content (AvgIpc) is 3.29. The van der Waals surface area contributed by atoms with Crippen LogP contribution in [0.1, 0.15) is 29.8 Å². The van der Waals surface area contributed by atoms with Crippen LogP contribution in [0.5, 0.6) is 0 Å². The van der Waals surface area contributed by atoms with Crippen LogP contribution in [0.15, 0.2) is 113 Å². The van der Waals surface area contributed by atoms with Crippen LogP contribution >= 0.6 is 11.6 Å². The fraction of sp³-hybridized carbons (Fsp3) is 0.0938. The number of benzene rings is 3. The molecular weight excluding hydrogens is 524 g/mol. The number of pyridine rings is 1. The first-order chi connectivity index (χ1) is 19.3. The van der Waals surface area contributed by atoms with E-state index in [4.69, 9.17) is 11.6 Å². The van der Waals surface area contributed by atoms with Gasteiger partial charge in [0.1, 0.15) is 0 Å². The topological polar surface area (TPSA) is 75.0 Å². The average molecular weight is 549 g/mol. The summed E-state index contributed by atoms with van der Waals surface area (Å²) in [5.74, 6) is -0.704. The number of para-hydroxylation sites is 2. The molecule has 0 saturated heterocycles. The third kappa shape index (κ3) is 4.69. The predicted octanol–water partition coefficient (Wildman–Crippen LogP) is 4.89. The molecule has 1 aliphatic rings. The molecule has 0 N–H and O–H groups in total. The first-order valence-electron chi connectivity index (χ1n) is 12.6. The van der Waals surface area contributed by atoms with Gasteiger partial charge in [-0.2, -0.15) is 5.01 Å². The molecule has 4 aromatic rings. The summed E-state index contributed by atoms with van der Waals surface area (Å²) >= 11 is 6.32. The molecule has 0 bridgehead atoms. The Balaban J connectivity index is 1.98. The van der Waals surface area contributed by atoms with Gasteiger partial charge in [0.25, 0.3) is 11.5 Å². The van der Waals surface area contributed by atoms with E-state index >= 15 is 0 Å². The lowest BCUT2D eigenvalue weighted by atomic mass is 10.0. The van der Waals surface area contributed by atoms with Crippen LogP contribution in [-0.2, 0) is 4.79 Å². The van der Waals surface area contributed by atoms with Gasteiger partial charge >= 0.3 is 0 Å². The van der Waals surface area contributed by atoms with Crippen LogP contribution in [0, 0.1) is 6.92 Å². The molecule has 0 unspecified atom stereocenters. The highest BCUT2D eigenvalue weighted by molar-refractivity contribution is 6.30. The van der Waals surface area contributed by atoms with Crippen LogP contribution < -0.4 is 26.2 Å². The molecule has 0 fully saturated rings. The number of anilines is 2. The highest BCUT2D eigenvalue weighted by atomic mass is 35.5. The number of carbonyl (C=O) groups is 2. The van der Waals surface area contributed by atoms with Crippen LogP contribution in [0.3, 0.4) is 0 Å². The zero-order chi connectivity index (χ0) is 28.4. The number of hydrogen-bond acceptors (Lipinski definition) is 4. The van der Waals surface area contributed by atoms with Crippen molar-refractivity contribution in [2.75, 3.05) is 9.91 Å². The van der Waals surface area contributed by atoms with E-state index in [1.54, 1.807) is 74.5 Å². The number of carbonyl (C=O) groups excluding carboxylic acids is 2. The molecular formula is C32H25ClN4O3. The SMILES string of the molecule is CC=C=C/C(=c1\c(C)c2c(n(-c3cccc(Cl)c3)c1=O)=NN(c1ccccc1)C2=O)N(C(C)=O)c1ccccc1. The second kappa shape index (κ2) is 11.0. The van der Waals surface area contributed by atoms with E-state index in [1.165, 1.54) is 21.4 Å². The number of hydrogen-bond donors (Lipinski definition) is 0. The summed E-state index contributed by atoms with van der Waals surface area (Å²) in [6.45, 7) is 4.91. The summed E-state index contributed by atoms with van der Waals surface area (Å²) < 4.78 is 1.37. The Morgan fingerprint density at radius 3 is 2.23 bits per heavy atom. The van der Waals surface area contributed by atoms with Crippen molar-refractivity contribution in [1.29, 1.82) is 0 Å². The van der Waals surface area contributed by atoms with Crippen LogP contribution in [-0.4, -0.2) is 16.4 Å². The molecule has 2 amide bonds. The van der Waals surface area contributed by atoms with Crippen LogP contribution in [0.25, 0.3) is 11.4 Å². The standard InChI is InChI=1S/C32H25ClN4O3/c1-4-5-19-27(35(22(3)38)24-14-8-6-9-15-24)28-21(2)29-30(34-37(32(29)40)25-16-10-7-11-17-25)36(31(28)39)26-18-12-13-23(33)20-26/h4,6-20H,1-3H3/b28-27-. The molecule has 2 heterocycles. The predicted molar refractivity (Wildman–Crippen MR) is 157 cm³/mol. The summed E-state index contributed by atoms with van der Waals surface area (Å²) in [6, 6.07) is 24.8.